The van der Waals surface area contributed by atoms with Gasteiger partial charge in [-0.05, 0) is 13.3 Å². The second-order valence-corrected chi connectivity index (χ2v) is 5.02. The molecule has 0 fully saturated rings. The van der Waals surface area contributed by atoms with Crippen LogP contribution in [0.25, 0.3) is 0 Å². The second kappa shape index (κ2) is 3.78. The molecule has 0 aromatic carbocycles. The van der Waals surface area contributed by atoms with E-state index in [1.165, 1.54) is 13.3 Å². The molecule has 0 aliphatic heterocycles. The number of aromatic amines is 1. The lowest BCUT2D eigenvalue weighted by Crippen LogP contribution is -2.24. The van der Waals surface area contributed by atoms with Crippen LogP contribution in [0.4, 0.5) is 0 Å². The van der Waals surface area contributed by atoms with Gasteiger partial charge < -0.3 is 14.9 Å². The summed E-state index contributed by atoms with van der Waals surface area (Å²) in [5.41, 5.74) is -1.39. The molecule has 0 aliphatic carbocycles. The summed E-state index contributed by atoms with van der Waals surface area (Å²) in [6.07, 6.45) is 0.758. The molecule has 1 aromatic rings. The Morgan fingerprint density at radius 2 is 2.29 bits per heavy atom. The minimum absolute atomic E-state index is 0.0769. The highest BCUT2D eigenvalue weighted by Gasteiger charge is 2.29. The van der Waals surface area contributed by atoms with E-state index in [2.05, 4.69) is 15.2 Å². The Hall–Kier alpha value is -0.750. The molecule has 8 heteroatoms. The molecule has 1 aromatic heterocycles. The van der Waals surface area contributed by atoms with Crippen LogP contribution < -0.4 is 0 Å². The maximum atomic E-state index is 10.6. The Balaban J connectivity index is 2.64. The lowest BCUT2D eigenvalue weighted by Gasteiger charge is -2.20. The molecule has 0 aliphatic rings. The number of rotatable bonds is 4. The van der Waals surface area contributed by atoms with Crippen molar-refractivity contribution < 1.29 is 19.5 Å². The Bertz CT molecular complexity index is 331. The molecular weight excluding hydrogens is 209 g/mol. The highest BCUT2D eigenvalue weighted by atomic mass is 31.2. The minimum Gasteiger partial charge on any atom is -0.382 e. The zero-order valence-corrected chi connectivity index (χ0v) is 8.48. The number of nitrogens with one attached hydrogen (secondary N) is 1. The predicted molar refractivity (Wildman–Crippen MR) is 47.5 cm³/mol. The maximum Gasteiger partial charge on any atom is 0.325 e. The van der Waals surface area contributed by atoms with E-state index in [1.54, 1.807) is 0 Å². The van der Waals surface area contributed by atoms with Crippen molar-refractivity contribution in [1.29, 1.82) is 0 Å². The van der Waals surface area contributed by atoms with Crippen molar-refractivity contribution in [1.82, 2.24) is 15.2 Å². The lowest BCUT2D eigenvalue weighted by molar-refractivity contribution is 0.0435. The number of nitrogens with zero attached hydrogens (tertiary/aromatic N) is 2. The van der Waals surface area contributed by atoms with Gasteiger partial charge in [0.1, 0.15) is 11.9 Å². The van der Waals surface area contributed by atoms with Gasteiger partial charge in [-0.3, -0.25) is 9.66 Å². The first kappa shape index (κ1) is 11.3. The molecule has 0 bridgehead atoms. The van der Waals surface area contributed by atoms with Crippen LogP contribution in [0.3, 0.4) is 0 Å². The standard InChI is InChI=1S/C6H12N3O4P/c1-6(10,2-3-14(11,12)13)5-7-4-8-9-5/h4,10H,2-3H2,1H3,(H,7,8,9)(H2,11,12,13). The van der Waals surface area contributed by atoms with Crippen molar-refractivity contribution in [2.24, 2.45) is 0 Å². The van der Waals surface area contributed by atoms with Gasteiger partial charge in [0.25, 0.3) is 0 Å². The molecule has 7 nitrogen and oxygen atoms in total. The summed E-state index contributed by atoms with van der Waals surface area (Å²) in [5, 5.41) is 15.8. The number of H-pyrrole nitrogens is 1. The van der Waals surface area contributed by atoms with Gasteiger partial charge in [0.2, 0.25) is 0 Å². The van der Waals surface area contributed by atoms with Crippen molar-refractivity contribution >= 4 is 7.60 Å². The quantitative estimate of drug-likeness (QED) is 0.512. The third-order valence-corrected chi connectivity index (χ3v) is 2.62. The van der Waals surface area contributed by atoms with Crippen LogP contribution in [0, 0.1) is 0 Å². The van der Waals surface area contributed by atoms with Crippen molar-refractivity contribution in [3.05, 3.63) is 12.2 Å². The second-order valence-electron chi connectivity index (χ2n) is 3.25. The van der Waals surface area contributed by atoms with E-state index in [1.807, 2.05) is 0 Å². The number of hydrogen-bond acceptors (Lipinski definition) is 4. The van der Waals surface area contributed by atoms with E-state index in [0.717, 1.165) is 0 Å². The van der Waals surface area contributed by atoms with Crippen LogP contribution in [0.2, 0.25) is 0 Å². The Morgan fingerprint density at radius 3 is 2.71 bits per heavy atom. The van der Waals surface area contributed by atoms with E-state index in [9.17, 15) is 9.67 Å². The van der Waals surface area contributed by atoms with E-state index in [4.69, 9.17) is 9.79 Å². The van der Waals surface area contributed by atoms with Gasteiger partial charge in [-0.1, -0.05) is 0 Å². The molecule has 0 saturated heterocycles. The molecule has 0 saturated carbocycles. The molecule has 14 heavy (non-hydrogen) atoms. The fourth-order valence-corrected chi connectivity index (χ4v) is 1.67. The molecule has 0 amide bonds. The first-order chi connectivity index (χ1) is 6.31. The summed E-state index contributed by atoms with van der Waals surface area (Å²) in [6, 6.07) is 0. The Labute approximate surface area is 80.4 Å². The zero-order chi connectivity index (χ0) is 10.8. The molecule has 0 radical (unpaired) electrons. The summed E-state index contributed by atoms with van der Waals surface area (Å²) in [5.74, 6) is 0.200. The van der Waals surface area contributed by atoms with Crippen LogP contribution in [0.1, 0.15) is 19.2 Å². The summed E-state index contributed by atoms with van der Waals surface area (Å²) in [4.78, 5) is 21.0. The third kappa shape index (κ3) is 3.19. The van der Waals surface area contributed by atoms with Gasteiger partial charge in [0.05, 0.1) is 6.16 Å². The number of hydrogen-bond donors (Lipinski definition) is 4. The van der Waals surface area contributed by atoms with Gasteiger partial charge in [-0.2, -0.15) is 5.10 Å². The fourth-order valence-electron chi connectivity index (χ4n) is 0.947. The largest absolute Gasteiger partial charge is 0.382 e. The van der Waals surface area contributed by atoms with Crippen molar-refractivity contribution in [2.45, 2.75) is 18.9 Å². The van der Waals surface area contributed by atoms with Crippen LogP contribution >= 0.6 is 7.60 Å². The first-order valence-corrected chi connectivity index (χ1v) is 5.74. The van der Waals surface area contributed by atoms with Gasteiger partial charge >= 0.3 is 7.60 Å². The number of aromatic nitrogens is 3. The molecular formula is C6H12N3O4P. The topological polar surface area (TPSA) is 119 Å². The zero-order valence-electron chi connectivity index (χ0n) is 7.58. The summed E-state index contributed by atoms with van der Waals surface area (Å²) < 4.78 is 10.6. The highest BCUT2D eigenvalue weighted by Crippen LogP contribution is 2.38. The van der Waals surface area contributed by atoms with E-state index < -0.39 is 13.2 Å². The minimum atomic E-state index is -4.09. The van der Waals surface area contributed by atoms with Crippen LogP contribution in [-0.2, 0) is 10.2 Å². The average molecular weight is 221 g/mol. The normalized spacial score (nSPS) is 16.6. The van der Waals surface area contributed by atoms with Crippen molar-refractivity contribution in [2.75, 3.05) is 6.16 Å². The first-order valence-electron chi connectivity index (χ1n) is 3.94. The van der Waals surface area contributed by atoms with Crippen LogP contribution in [-0.4, -0.2) is 36.2 Å². The SMILES string of the molecule is CC(O)(CCP(=O)(O)O)c1ncn[nH]1. The molecule has 1 rings (SSSR count). The van der Waals surface area contributed by atoms with Crippen LogP contribution in [0.15, 0.2) is 6.33 Å². The molecule has 1 atom stereocenters. The van der Waals surface area contributed by atoms with Crippen molar-refractivity contribution in [3.8, 4) is 0 Å². The Morgan fingerprint density at radius 1 is 1.64 bits per heavy atom. The molecule has 80 valence electrons. The van der Waals surface area contributed by atoms with Gasteiger partial charge in [-0.15, -0.1) is 0 Å². The maximum absolute atomic E-state index is 10.6. The summed E-state index contributed by atoms with van der Waals surface area (Å²) in [7, 11) is -4.09. The molecule has 0 spiro atoms. The van der Waals surface area contributed by atoms with E-state index >= 15 is 0 Å². The van der Waals surface area contributed by atoms with Gasteiger partial charge in [0, 0.05) is 0 Å². The van der Waals surface area contributed by atoms with Crippen molar-refractivity contribution in [3.63, 3.8) is 0 Å². The van der Waals surface area contributed by atoms with E-state index in [0.29, 0.717) is 0 Å². The van der Waals surface area contributed by atoms with Gasteiger partial charge in [0.15, 0.2) is 5.82 Å². The smallest absolute Gasteiger partial charge is 0.325 e. The third-order valence-electron chi connectivity index (χ3n) is 1.82. The highest BCUT2D eigenvalue weighted by molar-refractivity contribution is 7.51. The molecule has 4 N–H and O–H groups in total. The van der Waals surface area contributed by atoms with E-state index in [-0.39, 0.29) is 18.4 Å². The Kier molecular flexibility index (Phi) is 3.06. The average Bonchev–Trinajstić information content (AvgIpc) is 2.52. The monoisotopic (exact) mass is 221 g/mol. The number of aliphatic hydroxyl groups is 1. The van der Waals surface area contributed by atoms with Crippen LogP contribution in [0.5, 0.6) is 0 Å². The summed E-state index contributed by atoms with van der Waals surface area (Å²) in [6.45, 7) is 1.42. The molecule has 1 heterocycles. The molecule has 1 unspecified atom stereocenters. The predicted octanol–water partition coefficient (Wildman–Crippen LogP) is -0.420. The fraction of sp³-hybridized carbons (Fsp3) is 0.667. The summed E-state index contributed by atoms with van der Waals surface area (Å²) >= 11 is 0. The lowest BCUT2D eigenvalue weighted by atomic mass is 10.0. The van der Waals surface area contributed by atoms with Gasteiger partial charge in [-0.25, -0.2) is 4.98 Å².